The van der Waals surface area contributed by atoms with Crippen LogP contribution in [0.1, 0.15) is 18.4 Å². The van der Waals surface area contributed by atoms with Gasteiger partial charge in [-0.2, -0.15) is 11.8 Å². The van der Waals surface area contributed by atoms with Crippen molar-refractivity contribution in [2.75, 3.05) is 71.7 Å². The summed E-state index contributed by atoms with van der Waals surface area (Å²) in [7, 11) is 3.83. The number of β-amino-alcohol motifs (C(OH)–C–C–N with tert-alkyl or cyclic N) is 1. The molecule has 2 aliphatic heterocycles. The van der Waals surface area contributed by atoms with Gasteiger partial charge in [0.25, 0.3) is 0 Å². The van der Waals surface area contributed by atoms with Crippen LogP contribution < -0.4 is 9.47 Å². The lowest BCUT2D eigenvalue weighted by Gasteiger charge is -2.28. The highest BCUT2D eigenvalue weighted by atomic mass is 32.2. The number of benzene rings is 1. The molecule has 2 heterocycles. The highest BCUT2D eigenvalue weighted by Crippen LogP contribution is 2.29. The third-order valence-electron chi connectivity index (χ3n) is 5.60. The molecule has 7 heteroatoms. The van der Waals surface area contributed by atoms with E-state index in [2.05, 4.69) is 22.9 Å². The van der Waals surface area contributed by atoms with Crippen molar-refractivity contribution in [3.05, 3.63) is 23.8 Å². The van der Waals surface area contributed by atoms with E-state index in [1.54, 1.807) is 7.11 Å². The quantitative estimate of drug-likeness (QED) is 0.619. The molecule has 1 unspecified atom stereocenters. The summed E-state index contributed by atoms with van der Waals surface area (Å²) < 4.78 is 16.9. The van der Waals surface area contributed by atoms with Gasteiger partial charge in [-0.05, 0) is 43.5 Å². The van der Waals surface area contributed by atoms with Crippen LogP contribution in [-0.2, 0) is 11.3 Å². The first kappa shape index (κ1) is 22.7. The van der Waals surface area contributed by atoms with E-state index in [1.165, 1.54) is 5.56 Å². The standard InChI is InChI=1S/C22H36N2O4S/c1-23(14-18-5-9-27-10-6-18)15-19-3-4-21(22(13-19)26-2)28-17-20(25)16-24-7-11-29-12-8-24/h3-4,13,18,20,25H,5-12,14-17H2,1-2H3. The molecule has 1 aromatic rings. The molecule has 0 aromatic heterocycles. The minimum absolute atomic E-state index is 0.281. The van der Waals surface area contributed by atoms with Crippen molar-refractivity contribution in [1.29, 1.82) is 0 Å². The number of nitrogens with zero attached hydrogens (tertiary/aromatic N) is 2. The Bertz CT molecular complexity index is 606. The molecule has 1 N–H and O–H groups in total. The van der Waals surface area contributed by atoms with E-state index < -0.39 is 6.10 Å². The molecule has 6 nitrogen and oxygen atoms in total. The Morgan fingerprint density at radius 1 is 1.24 bits per heavy atom. The van der Waals surface area contributed by atoms with E-state index in [1.807, 2.05) is 23.9 Å². The lowest BCUT2D eigenvalue weighted by Crippen LogP contribution is -2.40. The molecule has 0 aliphatic carbocycles. The number of aliphatic hydroxyl groups excluding tert-OH is 1. The molecular weight excluding hydrogens is 388 g/mol. The molecule has 2 fully saturated rings. The zero-order chi connectivity index (χ0) is 20.5. The van der Waals surface area contributed by atoms with Crippen molar-refractivity contribution in [1.82, 2.24) is 9.80 Å². The van der Waals surface area contributed by atoms with Gasteiger partial charge in [-0.15, -0.1) is 0 Å². The minimum atomic E-state index is -0.493. The molecule has 0 radical (unpaired) electrons. The first-order valence-corrected chi connectivity index (χ1v) is 11.8. The van der Waals surface area contributed by atoms with Crippen molar-refractivity contribution in [3.63, 3.8) is 0 Å². The van der Waals surface area contributed by atoms with Crippen LogP contribution in [0.2, 0.25) is 0 Å². The highest BCUT2D eigenvalue weighted by molar-refractivity contribution is 7.99. The molecule has 0 bridgehead atoms. The molecule has 164 valence electrons. The summed E-state index contributed by atoms with van der Waals surface area (Å²) in [5, 5.41) is 10.3. The van der Waals surface area contributed by atoms with Gasteiger partial charge in [0.15, 0.2) is 11.5 Å². The molecule has 1 atom stereocenters. The van der Waals surface area contributed by atoms with Gasteiger partial charge in [-0.1, -0.05) is 6.07 Å². The molecule has 0 amide bonds. The number of hydrogen-bond acceptors (Lipinski definition) is 7. The van der Waals surface area contributed by atoms with Crippen LogP contribution in [0.5, 0.6) is 11.5 Å². The van der Waals surface area contributed by atoms with Crippen LogP contribution in [0.15, 0.2) is 18.2 Å². The van der Waals surface area contributed by atoms with Crippen LogP contribution in [0.3, 0.4) is 0 Å². The van der Waals surface area contributed by atoms with Gasteiger partial charge in [0.2, 0.25) is 0 Å². The molecule has 2 saturated heterocycles. The van der Waals surface area contributed by atoms with E-state index in [0.29, 0.717) is 12.3 Å². The SMILES string of the molecule is COc1cc(CN(C)CC2CCOCC2)ccc1OCC(O)CN1CCSCC1. The Balaban J connectivity index is 1.47. The maximum atomic E-state index is 10.3. The molecule has 0 spiro atoms. The Kier molecular flexibility index (Phi) is 9.39. The normalized spacial score (nSPS) is 20.0. The summed E-state index contributed by atoms with van der Waals surface area (Å²) in [6, 6.07) is 6.09. The van der Waals surface area contributed by atoms with Crippen LogP contribution in [0, 0.1) is 5.92 Å². The van der Waals surface area contributed by atoms with E-state index in [4.69, 9.17) is 14.2 Å². The lowest BCUT2D eigenvalue weighted by molar-refractivity contribution is 0.0549. The Morgan fingerprint density at radius 3 is 2.72 bits per heavy atom. The van der Waals surface area contributed by atoms with Gasteiger partial charge in [0, 0.05) is 57.4 Å². The zero-order valence-electron chi connectivity index (χ0n) is 17.8. The van der Waals surface area contributed by atoms with E-state index in [9.17, 15) is 5.11 Å². The molecule has 29 heavy (non-hydrogen) atoms. The number of hydrogen-bond donors (Lipinski definition) is 1. The summed E-state index contributed by atoms with van der Waals surface area (Å²) in [6.07, 6.45) is 1.81. The van der Waals surface area contributed by atoms with Gasteiger partial charge >= 0.3 is 0 Å². The number of thioether (sulfide) groups is 1. The smallest absolute Gasteiger partial charge is 0.161 e. The highest BCUT2D eigenvalue weighted by Gasteiger charge is 2.18. The third-order valence-corrected chi connectivity index (χ3v) is 6.54. The first-order valence-electron chi connectivity index (χ1n) is 10.7. The lowest BCUT2D eigenvalue weighted by atomic mass is 10.00. The van der Waals surface area contributed by atoms with Gasteiger partial charge in [-0.25, -0.2) is 0 Å². The van der Waals surface area contributed by atoms with Crippen molar-refractivity contribution >= 4 is 11.8 Å². The average Bonchev–Trinajstić information content (AvgIpc) is 2.74. The predicted octanol–water partition coefficient (Wildman–Crippen LogP) is 2.34. The second kappa shape index (κ2) is 12.0. The Morgan fingerprint density at radius 2 is 2.00 bits per heavy atom. The largest absolute Gasteiger partial charge is 0.493 e. The van der Waals surface area contributed by atoms with Gasteiger partial charge < -0.3 is 24.2 Å². The number of aliphatic hydroxyl groups is 1. The fourth-order valence-corrected chi connectivity index (χ4v) is 4.97. The van der Waals surface area contributed by atoms with Gasteiger partial charge in [0.1, 0.15) is 12.7 Å². The maximum absolute atomic E-state index is 10.3. The summed E-state index contributed by atoms with van der Waals surface area (Å²) in [5.74, 6) is 4.43. The fourth-order valence-electron chi connectivity index (χ4n) is 4.00. The van der Waals surface area contributed by atoms with Crippen molar-refractivity contribution < 1.29 is 19.3 Å². The topological polar surface area (TPSA) is 54.4 Å². The molecule has 1 aromatic carbocycles. The van der Waals surface area contributed by atoms with Crippen LogP contribution in [0.4, 0.5) is 0 Å². The number of ether oxygens (including phenoxy) is 3. The van der Waals surface area contributed by atoms with Gasteiger partial charge in [-0.3, -0.25) is 4.90 Å². The monoisotopic (exact) mass is 424 g/mol. The van der Waals surface area contributed by atoms with E-state index in [0.717, 1.165) is 75.4 Å². The Labute approximate surface area is 179 Å². The predicted molar refractivity (Wildman–Crippen MR) is 118 cm³/mol. The average molecular weight is 425 g/mol. The van der Waals surface area contributed by atoms with Crippen molar-refractivity contribution in [2.45, 2.75) is 25.5 Å². The number of rotatable bonds is 10. The van der Waals surface area contributed by atoms with Crippen LogP contribution >= 0.6 is 11.8 Å². The molecule has 3 rings (SSSR count). The molecule has 2 aliphatic rings. The first-order chi connectivity index (χ1) is 14.1. The zero-order valence-corrected chi connectivity index (χ0v) is 18.7. The summed E-state index contributed by atoms with van der Waals surface area (Å²) in [6.45, 7) is 6.78. The third kappa shape index (κ3) is 7.64. The molecular formula is C22H36N2O4S. The van der Waals surface area contributed by atoms with E-state index >= 15 is 0 Å². The number of methoxy groups -OCH3 is 1. The van der Waals surface area contributed by atoms with Crippen molar-refractivity contribution in [3.8, 4) is 11.5 Å². The molecule has 0 saturated carbocycles. The van der Waals surface area contributed by atoms with E-state index in [-0.39, 0.29) is 6.61 Å². The van der Waals surface area contributed by atoms with Crippen LogP contribution in [0.25, 0.3) is 0 Å². The van der Waals surface area contributed by atoms with Crippen molar-refractivity contribution in [2.24, 2.45) is 5.92 Å². The minimum Gasteiger partial charge on any atom is -0.493 e. The fraction of sp³-hybridized carbons (Fsp3) is 0.727. The summed E-state index contributed by atoms with van der Waals surface area (Å²) in [5.41, 5.74) is 1.20. The second-order valence-electron chi connectivity index (χ2n) is 8.12. The maximum Gasteiger partial charge on any atom is 0.161 e. The van der Waals surface area contributed by atoms with Crippen LogP contribution in [-0.4, -0.2) is 92.7 Å². The summed E-state index contributed by atoms with van der Waals surface area (Å²) in [4.78, 5) is 4.67. The Hall–Kier alpha value is -0.990. The second-order valence-corrected chi connectivity index (χ2v) is 9.34. The van der Waals surface area contributed by atoms with Gasteiger partial charge in [0.05, 0.1) is 7.11 Å². The summed E-state index contributed by atoms with van der Waals surface area (Å²) >= 11 is 1.98.